The number of hydrogen-bond acceptors (Lipinski definition) is 8. The number of nitrogens with two attached hydrogens (primary N) is 1. The number of nitrogens with zero attached hydrogens (tertiary/aromatic N) is 5. The third-order valence-electron chi connectivity index (χ3n) is 7.87. The number of aromatic nitrogens is 3. The molecule has 0 spiro atoms. The van der Waals surface area contributed by atoms with Gasteiger partial charge in [-0.05, 0) is 47.9 Å². The fourth-order valence-corrected chi connectivity index (χ4v) is 5.95. The summed E-state index contributed by atoms with van der Waals surface area (Å²) < 4.78 is 20.7. The molecule has 1 aromatic carbocycles. The number of carbonyl (C=O) groups is 1. The second-order valence-corrected chi connectivity index (χ2v) is 10.6. The van der Waals surface area contributed by atoms with Crippen molar-refractivity contribution in [2.45, 2.75) is 20.8 Å². The van der Waals surface area contributed by atoms with Gasteiger partial charge in [-0.2, -0.15) is 5.10 Å². The van der Waals surface area contributed by atoms with Crippen LogP contribution in [0.2, 0.25) is 0 Å². The van der Waals surface area contributed by atoms with Gasteiger partial charge in [0.15, 0.2) is 5.82 Å². The highest BCUT2D eigenvalue weighted by Gasteiger charge is 2.60. The minimum Gasteiger partial charge on any atom is -0.443 e. The number of pyridine rings is 2. The summed E-state index contributed by atoms with van der Waals surface area (Å²) in [6, 6.07) is 5.23. The molecule has 0 radical (unpaired) electrons. The molecule has 10 heteroatoms. The molecule has 194 valence electrons. The van der Waals surface area contributed by atoms with E-state index >= 15 is 4.39 Å². The third-order valence-corrected chi connectivity index (χ3v) is 7.87. The van der Waals surface area contributed by atoms with Crippen LogP contribution >= 0.6 is 0 Å². The van der Waals surface area contributed by atoms with Gasteiger partial charge in [0.25, 0.3) is 0 Å². The number of aryl methyl sites for hydroxylation is 1. The van der Waals surface area contributed by atoms with E-state index < -0.39 is 5.82 Å². The van der Waals surface area contributed by atoms with E-state index in [0.29, 0.717) is 39.3 Å². The summed E-state index contributed by atoms with van der Waals surface area (Å²) in [6.45, 7) is 6.90. The number of carbonyl (C=O) groups excluding carboxylic acids is 1. The van der Waals surface area contributed by atoms with Gasteiger partial charge < -0.3 is 15.5 Å². The van der Waals surface area contributed by atoms with E-state index in [9.17, 15) is 4.79 Å². The molecule has 4 aromatic rings. The number of fused-ring (bicyclic) bond motifs is 1. The zero-order valence-corrected chi connectivity index (χ0v) is 21.6. The van der Waals surface area contributed by atoms with Gasteiger partial charge in [0, 0.05) is 60.0 Å². The zero-order chi connectivity index (χ0) is 26.8. The molecule has 38 heavy (non-hydrogen) atoms. The van der Waals surface area contributed by atoms with Crippen LogP contribution in [0.5, 0.6) is 0 Å². The van der Waals surface area contributed by atoms with Gasteiger partial charge >= 0.3 is 0 Å². The van der Waals surface area contributed by atoms with Crippen LogP contribution in [-0.4, -0.2) is 45.7 Å². The molecule has 1 aliphatic heterocycles. The Labute approximate surface area is 219 Å². The number of hydrazone groups is 1. The van der Waals surface area contributed by atoms with E-state index in [0.717, 1.165) is 12.1 Å². The quantitative estimate of drug-likeness (QED) is 0.370. The fourth-order valence-electron chi connectivity index (χ4n) is 5.95. The monoisotopic (exact) mass is 513 g/mol. The van der Waals surface area contributed by atoms with Crippen LogP contribution in [0, 0.1) is 35.9 Å². The van der Waals surface area contributed by atoms with E-state index in [-0.39, 0.29) is 34.8 Å². The van der Waals surface area contributed by atoms with Crippen LogP contribution < -0.4 is 11.1 Å². The number of amides is 1. The normalized spacial score (nSPS) is 24.2. The molecular weight excluding hydrogens is 485 g/mol. The molecular formula is C28H28FN7O2. The molecule has 0 unspecified atom stereocenters. The first-order chi connectivity index (χ1) is 18.2. The average Bonchev–Trinajstić information content (AvgIpc) is 3.20. The smallest absolute Gasteiger partial charge is 0.244 e. The molecule has 4 atom stereocenters. The highest BCUT2D eigenvalue weighted by molar-refractivity contribution is 6.01. The van der Waals surface area contributed by atoms with Crippen molar-refractivity contribution < 1.29 is 13.6 Å². The Morgan fingerprint density at radius 2 is 2.03 bits per heavy atom. The van der Waals surface area contributed by atoms with Crippen LogP contribution in [0.15, 0.2) is 52.6 Å². The van der Waals surface area contributed by atoms with Crippen molar-refractivity contribution >= 4 is 34.4 Å². The van der Waals surface area contributed by atoms with Gasteiger partial charge in [-0.25, -0.2) is 14.4 Å². The first-order valence-corrected chi connectivity index (χ1v) is 12.5. The highest BCUT2D eigenvalue weighted by atomic mass is 19.1. The summed E-state index contributed by atoms with van der Waals surface area (Å²) >= 11 is 0. The Morgan fingerprint density at radius 1 is 1.21 bits per heavy atom. The number of halogens is 1. The first kappa shape index (κ1) is 24.0. The summed E-state index contributed by atoms with van der Waals surface area (Å²) in [5, 5.41) is 10.4. The van der Waals surface area contributed by atoms with E-state index in [4.69, 9.17) is 10.2 Å². The van der Waals surface area contributed by atoms with E-state index in [2.05, 4.69) is 39.2 Å². The number of rotatable bonds is 5. The Kier molecular flexibility index (Phi) is 5.44. The SMILES string of the molecule is Cc1cc(-c2ncco2)ncc1-c1cc2cc(NC(=O)[C@@H]3[C@H](C)[C@H]3[C@@]3(C)C=NN(C)C3)ncc2c(N)c1F. The molecule has 3 N–H and O–H groups in total. The summed E-state index contributed by atoms with van der Waals surface area (Å²) in [7, 11) is 1.94. The van der Waals surface area contributed by atoms with Crippen LogP contribution in [0.4, 0.5) is 15.9 Å². The summed E-state index contributed by atoms with van der Waals surface area (Å²) in [4.78, 5) is 26.1. The minimum atomic E-state index is -0.545. The maximum Gasteiger partial charge on any atom is 0.244 e. The van der Waals surface area contributed by atoms with Gasteiger partial charge in [0.05, 0.1) is 11.9 Å². The lowest BCUT2D eigenvalue weighted by atomic mass is 9.85. The van der Waals surface area contributed by atoms with Crippen LogP contribution in [0.25, 0.3) is 33.5 Å². The minimum absolute atomic E-state index is 0.00695. The van der Waals surface area contributed by atoms with Crippen molar-refractivity contribution in [1.82, 2.24) is 20.0 Å². The predicted molar refractivity (Wildman–Crippen MR) is 144 cm³/mol. The van der Waals surface area contributed by atoms with Crippen LogP contribution in [0.1, 0.15) is 19.4 Å². The molecule has 1 aliphatic carbocycles. The lowest BCUT2D eigenvalue weighted by Gasteiger charge is -2.22. The Hall–Kier alpha value is -4.34. The number of nitrogens with one attached hydrogen (secondary N) is 1. The van der Waals surface area contributed by atoms with Gasteiger partial charge in [-0.1, -0.05) is 13.8 Å². The highest BCUT2D eigenvalue weighted by Crippen LogP contribution is 2.57. The zero-order valence-electron chi connectivity index (χ0n) is 21.6. The number of hydrogen-bond donors (Lipinski definition) is 2. The second-order valence-electron chi connectivity index (χ2n) is 10.6. The molecule has 1 fully saturated rings. The predicted octanol–water partition coefficient (Wildman–Crippen LogP) is 4.74. The largest absolute Gasteiger partial charge is 0.443 e. The second kappa shape index (κ2) is 8.61. The van der Waals surface area contributed by atoms with Crippen molar-refractivity contribution in [3.63, 3.8) is 0 Å². The number of nitrogen functional groups attached to an aromatic ring is 1. The molecule has 0 saturated heterocycles. The molecule has 9 nitrogen and oxygen atoms in total. The maximum absolute atomic E-state index is 15.4. The van der Waals surface area contributed by atoms with E-state index in [1.54, 1.807) is 30.6 Å². The van der Waals surface area contributed by atoms with Gasteiger partial charge in [0.2, 0.25) is 11.8 Å². The van der Waals surface area contributed by atoms with Crippen molar-refractivity contribution in [3.05, 3.63) is 54.4 Å². The Balaban J connectivity index is 1.29. The Bertz CT molecular complexity index is 1600. The van der Waals surface area contributed by atoms with Crippen molar-refractivity contribution in [2.75, 3.05) is 24.6 Å². The molecule has 1 amide bonds. The van der Waals surface area contributed by atoms with Gasteiger partial charge in [-0.15, -0.1) is 0 Å². The Morgan fingerprint density at radius 3 is 2.71 bits per heavy atom. The van der Waals surface area contributed by atoms with Crippen molar-refractivity contribution in [2.24, 2.45) is 28.3 Å². The lowest BCUT2D eigenvalue weighted by Crippen LogP contribution is -2.29. The fraction of sp³-hybridized carbons (Fsp3) is 0.321. The topological polar surface area (TPSA) is 123 Å². The van der Waals surface area contributed by atoms with E-state index in [1.165, 1.54) is 12.5 Å². The molecule has 0 bridgehead atoms. The van der Waals surface area contributed by atoms with Crippen molar-refractivity contribution in [1.29, 1.82) is 0 Å². The van der Waals surface area contributed by atoms with Crippen LogP contribution in [0.3, 0.4) is 0 Å². The molecule has 6 rings (SSSR count). The molecule has 1 saturated carbocycles. The van der Waals surface area contributed by atoms with Crippen molar-refractivity contribution in [3.8, 4) is 22.7 Å². The van der Waals surface area contributed by atoms with E-state index in [1.807, 2.05) is 25.2 Å². The molecule has 4 heterocycles. The number of benzene rings is 1. The van der Waals surface area contributed by atoms with Crippen LogP contribution in [-0.2, 0) is 4.79 Å². The summed E-state index contributed by atoms with van der Waals surface area (Å²) in [6.07, 6.45) is 8.06. The third kappa shape index (κ3) is 3.87. The molecule has 3 aromatic heterocycles. The average molecular weight is 514 g/mol. The summed E-state index contributed by atoms with van der Waals surface area (Å²) in [5.74, 6) is 0.492. The lowest BCUT2D eigenvalue weighted by molar-refractivity contribution is -0.118. The standard InChI is InChI=1S/C28H28FN7O2/c1-14-7-20(27-31-5-6-38-27)32-10-18(14)17-8-16-9-21(33-11-19(16)25(30)24(17)29)35-26(37)22-15(2)23(22)28(3)12-34-36(4)13-28/h5-12,15,22-23H,13,30H2,1-4H3,(H,33,35,37)/t15-,22+,23+,28-/m0/s1. The summed E-state index contributed by atoms with van der Waals surface area (Å²) in [5.41, 5.74) is 8.30. The van der Waals surface area contributed by atoms with Gasteiger partial charge in [-0.3, -0.25) is 14.8 Å². The van der Waals surface area contributed by atoms with Gasteiger partial charge in [0.1, 0.15) is 17.8 Å². The first-order valence-electron chi connectivity index (χ1n) is 12.5. The maximum atomic E-state index is 15.4. The molecule has 2 aliphatic rings. The number of oxazole rings is 1. The number of anilines is 2.